The van der Waals surface area contributed by atoms with Crippen molar-refractivity contribution in [2.45, 2.75) is 13.2 Å². The van der Waals surface area contributed by atoms with Crippen molar-refractivity contribution in [2.75, 3.05) is 7.11 Å². The van der Waals surface area contributed by atoms with Crippen LogP contribution >= 0.6 is 0 Å². The molecule has 0 radical (unpaired) electrons. The molecule has 0 bridgehead atoms. The van der Waals surface area contributed by atoms with Crippen molar-refractivity contribution in [3.05, 3.63) is 101 Å². The van der Waals surface area contributed by atoms with Gasteiger partial charge in [-0.1, -0.05) is 48.5 Å². The lowest BCUT2D eigenvalue weighted by molar-refractivity contribution is -0.116. The number of hydrogen-bond acceptors (Lipinski definition) is 3. The van der Waals surface area contributed by atoms with Gasteiger partial charge >= 0.3 is 0 Å². The van der Waals surface area contributed by atoms with Crippen LogP contribution in [0.15, 0.2) is 78.9 Å². The summed E-state index contributed by atoms with van der Waals surface area (Å²) < 4.78 is 24.1. The van der Waals surface area contributed by atoms with Crippen LogP contribution in [-0.2, 0) is 17.9 Å². The highest BCUT2D eigenvalue weighted by Crippen LogP contribution is 2.29. The lowest BCUT2D eigenvalue weighted by Crippen LogP contribution is -2.20. The van der Waals surface area contributed by atoms with Gasteiger partial charge in [0.2, 0.25) is 5.91 Å². The fourth-order valence-corrected chi connectivity index (χ4v) is 2.66. The Morgan fingerprint density at radius 3 is 2.45 bits per heavy atom. The van der Waals surface area contributed by atoms with Gasteiger partial charge in [0.05, 0.1) is 7.11 Å². The van der Waals surface area contributed by atoms with Crippen molar-refractivity contribution >= 4 is 12.0 Å². The molecule has 4 nitrogen and oxygen atoms in total. The second-order valence-corrected chi connectivity index (χ2v) is 6.36. The number of ether oxygens (including phenoxy) is 2. The lowest BCUT2D eigenvalue weighted by atomic mass is 10.2. The molecule has 29 heavy (non-hydrogen) atoms. The summed E-state index contributed by atoms with van der Waals surface area (Å²) in [4.78, 5) is 12.0. The van der Waals surface area contributed by atoms with Crippen LogP contribution in [-0.4, -0.2) is 13.0 Å². The highest BCUT2D eigenvalue weighted by molar-refractivity contribution is 5.91. The van der Waals surface area contributed by atoms with E-state index in [1.807, 2.05) is 36.4 Å². The predicted molar refractivity (Wildman–Crippen MR) is 111 cm³/mol. The largest absolute Gasteiger partial charge is 0.493 e. The van der Waals surface area contributed by atoms with E-state index in [0.717, 1.165) is 16.7 Å². The van der Waals surface area contributed by atoms with Gasteiger partial charge in [0.25, 0.3) is 0 Å². The van der Waals surface area contributed by atoms with Crippen LogP contribution in [0.2, 0.25) is 0 Å². The molecular weight excluding hydrogens is 369 g/mol. The Hall–Kier alpha value is -3.60. The van der Waals surface area contributed by atoms with Crippen molar-refractivity contribution in [3.63, 3.8) is 0 Å². The average Bonchev–Trinajstić information content (AvgIpc) is 2.76. The molecule has 0 saturated heterocycles. The molecule has 5 heteroatoms. The summed E-state index contributed by atoms with van der Waals surface area (Å²) >= 11 is 0. The Balaban J connectivity index is 1.58. The van der Waals surface area contributed by atoms with Crippen molar-refractivity contribution in [2.24, 2.45) is 0 Å². The zero-order valence-corrected chi connectivity index (χ0v) is 16.1. The maximum absolute atomic E-state index is 13.0. The molecule has 0 saturated carbocycles. The number of amides is 1. The molecule has 148 valence electrons. The number of carbonyl (C=O) groups is 1. The van der Waals surface area contributed by atoms with E-state index in [-0.39, 0.29) is 11.7 Å². The van der Waals surface area contributed by atoms with Crippen LogP contribution in [0.3, 0.4) is 0 Å². The lowest BCUT2D eigenvalue weighted by Gasteiger charge is -2.11. The van der Waals surface area contributed by atoms with Gasteiger partial charge in [0.15, 0.2) is 11.5 Å². The molecule has 0 fully saturated rings. The summed E-state index contributed by atoms with van der Waals surface area (Å²) in [7, 11) is 1.56. The van der Waals surface area contributed by atoms with Gasteiger partial charge in [-0.25, -0.2) is 4.39 Å². The number of benzene rings is 3. The van der Waals surface area contributed by atoms with Crippen LogP contribution in [0.4, 0.5) is 4.39 Å². The first-order chi connectivity index (χ1) is 14.1. The molecule has 0 atom stereocenters. The summed E-state index contributed by atoms with van der Waals surface area (Å²) in [6.45, 7) is 0.775. The van der Waals surface area contributed by atoms with Crippen molar-refractivity contribution in [3.8, 4) is 11.5 Å². The molecule has 3 aromatic rings. The van der Waals surface area contributed by atoms with Gasteiger partial charge in [-0.2, -0.15) is 0 Å². The Bertz CT molecular complexity index is 969. The third-order valence-electron chi connectivity index (χ3n) is 4.23. The highest BCUT2D eigenvalue weighted by Gasteiger charge is 2.06. The van der Waals surface area contributed by atoms with Gasteiger partial charge in [-0.15, -0.1) is 0 Å². The Morgan fingerprint density at radius 1 is 0.966 bits per heavy atom. The van der Waals surface area contributed by atoms with E-state index < -0.39 is 0 Å². The van der Waals surface area contributed by atoms with Crippen LogP contribution in [0.25, 0.3) is 6.08 Å². The van der Waals surface area contributed by atoms with E-state index in [2.05, 4.69) is 5.32 Å². The van der Waals surface area contributed by atoms with Crippen LogP contribution < -0.4 is 14.8 Å². The minimum atomic E-state index is -0.282. The molecule has 0 aliphatic rings. The fourth-order valence-electron chi connectivity index (χ4n) is 2.66. The molecule has 1 amide bonds. The quantitative estimate of drug-likeness (QED) is 0.564. The first-order valence-corrected chi connectivity index (χ1v) is 9.19. The van der Waals surface area contributed by atoms with Crippen LogP contribution in [0, 0.1) is 5.82 Å². The monoisotopic (exact) mass is 391 g/mol. The summed E-state index contributed by atoms with van der Waals surface area (Å²) in [5.74, 6) is 0.668. The molecule has 3 aromatic carbocycles. The van der Waals surface area contributed by atoms with E-state index in [9.17, 15) is 9.18 Å². The maximum Gasteiger partial charge on any atom is 0.244 e. The minimum Gasteiger partial charge on any atom is -0.493 e. The van der Waals surface area contributed by atoms with E-state index in [4.69, 9.17) is 9.47 Å². The van der Waals surface area contributed by atoms with Crippen LogP contribution in [0.1, 0.15) is 16.7 Å². The van der Waals surface area contributed by atoms with Gasteiger partial charge in [0, 0.05) is 12.6 Å². The third kappa shape index (κ3) is 6.21. The standard InChI is InChI=1S/C24H22FNO3/c1-28-23-15-18(10-14-24(27)26-16-19-5-3-2-4-6-19)9-13-22(23)29-17-20-7-11-21(25)12-8-20/h2-15H,16-17H2,1H3,(H,26,27)/b14-10+. The average molecular weight is 391 g/mol. The molecule has 0 unspecified atom stereocenters. The smallest absolute Gasteiger partial charge is 0.244 e. The van der Waals surface area contributed by atoms with E-state index >= 15 is 0 Å². The summed E-state index contributed by atoms with van der Waals surface area (Å²) in [6.07, 6.45) is 3.20. The van der Waals surface area contributed by atoms with Crippen molar-refractivity contribution in [1.82, 2.24) is 5.32 Å². The Morgan fingerprint density at radius 2 is 1.72 bits per heavy atom. The van der Waals surface area contributed by atoms with E-state index in [0.29, 0.717) is 24.7 Å². The van der Waals surface area contributed by atoms with E-state index in [1.54, 1.807) is 37.5 Å². The maximum atomic E-state index is 13.0. The number of hydrogen-bond donors (Lipinski definition) is 1. The Labute approximate surface area is 169 Å². The molecule has 1 N–H and O–H groups in total. The minimum absolute atomic E-state index is 0.176. The topological polar surface area (TPSA) is 47.6 Å². The number of nitrogens with one attached hydrogen (secondary N) is 1. The van der Waals surface area contributed by atoms with Gasteiger partial charge < -0.3 is 14.8 Å². The molecule has 0 aliphatic carbocycles. The van der Waals surface area contributed by atoms with Crippen LogP contribution in [0.5, 0.6) is 11.5 Å². The highest BCUT2D eigenvalue weighted by atomic mass is 19.1. The first-order valence-electron chi connectivity index (χ1n) is 9.19. The second-order valence-electron chi connectivity index (χ2n) is 6.36. The van der Waals surface area contributed by atoms with Gasteiger partial charge in [-0.3, -0.25) is 4.79 Å². The van der Waals surface area contributed by atoms with Gasteiger partial charge in [0.1, 0.15) is 12.4 Å². The number of methoxy groups -OCH3 is 1. The molecular formula is C24H22FNO3. The Kier molecular flexibility index (Phi) is 7.00. The first kappa shape index (κ1) is 20.1. The third-order valence-corrected chi connectivity index (χ3v) is 4.23. The summed E-state index contributed by atoms with van der Waals surface area (Å²) in [5, 5.41) is 2.84. The van der Waals surface area contributed by atoms with E-state index in [1.165, 1.54) is 18.2 Å². The second kappa shape index (κ2) is 10.1. The number of carbonyl (C=O) groups excluding carboxylic acids is 1. The summed E-state index contributed by atoms with van der Waals surface area (Å²) in [6, 6.07) is 21.3. The molecule has 0 spiro atoms. The number of halogens is 1. The SMILES string of the molecule is COc1cc(/C=C/C(=O)NCc2ccccc2)ccc1OCc1ccc(F)cc1. The normalized spacial score (nSPS) is 10.7. The zero-order chi connectivity index (χ0) is 20.5. The van der Waals surface area contributed by atoms with Crippen molar-refractivity contribution < 1.29 is 18.7 Å². The predicted octanol–water partition coefficient (Wildman–Crippen LogP) is 4.74. The van der Waals surface area contributed by atoms with Gasteiger partial charge in [-0.05, 0) is 47.0 Å². The fraction of sp³-hybridized carbons (Fsp3) is 0.125. The van der Waals surface area contributed by atoms with Crippen molar-refractivity contribution in [1.29, 1.82) is 0 Å². The molecule has 0 aromatic heterocycles. The molecule has 0 heterocycles. The molecule has 0 aliphatic heterocycles. The zero-order valence-electron chi connectivity index (χ0n) is 16.1. The number of rotatable bonds is 8. The molecule has 3 rings (SSSR count). The summed E-state index contributed by atoms with van der Waals surface area (Å²) in [5.41, 5.74) is 2.71.